The quantitative estimate of drug-likeness (QED) is 0.787. The van der Waals surface area contributed by atoms with Crippen LogP contribution in [-0.2, 0) is 9.59 Å². The van der Waals surface area contributed by atoms with Gasteiger partial charge in [-0.15, -0.1) is 0 Å². The first kappa shape index (κ1) is 19.9. The van der Waals surface area contributed by atoms with Crippen LogP contribution in [0.4, 0.5) is 0 Å². The maximum atomic E-state index is 13.7. The third-order valence-electron chi connectivity index (χ3n) is 6.65. The number of hydrogen-bond acceptors (Lipinski definition) is 3. The molecule has 29 heavy (non-hydrogen) atoms. The Morgan fingerprint density at radius 2 is 1.62 bits per heavy atom. The van der Waals surface area contributed by atoms with Crippen molar-refractivity contribution in [2.75, 3.05) is 26.2 Å². The Labute approximate surface area is 172 Å². The maximum absolute atomic E-state index is 13.7. The Balaban J connectivity index is 1.81. The molecule has 3 aliphatic rings. The first-order valence-corrected chi connectivity index (χ1v) is 10.8. The van der Waals surface area contributed by atoms with E-state index < -0.39 is 11.5 Å². The summed E-state index contributed by atoms with van der Waals surface area (Å²) in [5.41, 5.74) is 0.782. The normalized spacial score (nSPS) is 23.0. The average molecular weight is 398 g/mol. The van der Waals surface area contributed by atoms with E-state index in [0.717, 1.165) is 31.5 Å². The Bertz CT molecular complexity index is 836. The lowest BCUT2D eigenvalue weighted by atomic mass is 9.67. The van der Waals surface area contributed by atoms with Crippen molar-refractivity contribution in [3.05, 3.63) is 35.4 Å². The molecule has 1 spiro atoms. The minimum Gasteiger partial charge on any atom is -0.342 e. The van der Waals surface area contributed by atoms with Crippen molar-refractivity contribution < 1.29 is 14.4 Å². The number of likely N-dealkylation sites (tertiary alicyclic amines) is 2. The molecule has 3 amide bonds. The molecule has 3 heterocycles. The maximum Gasteiger partial charge on any atom is 0.255 e. The number of rotatable bonds is 3. The SMILES string of the molecule is CC(C)C(=O)N1CC2(C1)C(C(=O)N1CCCC1)c1ccccc1C(=O)N2C(C)C. The predicted molar refractivity (Wildman–Crippen MR) is 110 cm³/mol. The molecule has 6 nitrogen and oxygen atoms in total. The molecule has 1 aromatic carbocycles. The van der Waals surface area contributed by atoms with Crippen molar-refractivity contribution in [1.29, 1.82) is 0 Å². The van der Waals surface area contributed by atoms with Gasteiger partial charge in [-0.05, 0) is 38.3 Å². The average Bonchev–Trinajstić information content (AvgIpc) is 3.19. The van der Waals surface area contributed by atoms with Gasteiger partial charge in [-0.1, -0.05) is 32.0 Å². The van der Waals surface area contributed by atoms with Crippen molar-refractivity contribution in [2.45, 2.75) is 58.0 Å². The Kier molecular flexibility index (Phi) is 4.91. The van der Waals surface area contributed by atoms with Gasteiger partial charge in [0, 0.05) is 43.7 Å². The van der Waals surface area contributed by atoms with Crippen LogP contribution in [-0.4, -0.2) is 70.2 Å². The second kappa shape index (κ2) is 7.15. The zero-order valence-electron chi connectivity index (χ0n) is 17.9. The van der Waals surface area contributed by atoms with E-state index in [0.29, 0.717) is 18.7 Å². The molecule has 2 fully saturated rings. The van der Waals surface area contributed by atoms with E-state index in [-0.39, 0.29) is 29.7 Å². The van der Waals surface area contributed by atoms with Gasteiger partial charge in [0.15, 0.2) is 0 Å². The fourth-order valence-corrected chi connectivity index (χ4v) is 5.41. The third kappa shape index (κ3) is 2.95. The Morgan fingerprint density at radius 1 is 1.00 bits per heavy atom. The second-order valence-electron chi connectivity index (χ2n) is 9.27. The van der Waals surface area contributed by atoms with Crippen LogP contribution in [0.3, 0.4) is 0 Å². The molecule has 2 saturated heterocycles. The van der Waals surface area contributed by atoms with Crippen LogP contribution in [0.2, 0.25) is 0 Å². The largest absolute Gasteiger partial charge is 0.342 e. The van der Waals surface area contributed by atoms with E-state index in [9.17, 15) is 14.4 Å². The standard InChI is InChI=1S/C23H31N3O3/c1-15(2)20(27)25-13-23(14-25)19(22(29)24-11-7-8-12-24)17-9-5-6-10-18(17)21(28)26(23)16(3)4/h5-6,9-10,15-16,19H,7-8,11-14H2,1-4H3. The van der Waals surface area contributed by atoms with Crippen LogP contribution in [0.15, 0.2) is 24.3 Å². The van der Waals surface area contributed by atoms with E-state index in [1.54, 1.807) is 0 Å². The molecule has 1 atom stereocenters. The summed E-state index contributed by atoms with van der Waals surface area (Å²) in [5.74, 6) is -0.368. The predicted octanol–water partition coefficient (Wildman–Crippen LogP) is 2.49. The smallest absolute Gasteiger partial charge is 0.255 e. The number of benzene rings is 1. The molecule has 0 aromatic heterocycles. The lowest BCUT2D eigenvalue weighted by Crippen LogP contribution is -2.78. The monoisotopic (exact) mass is 397 g/mol. The zero-order chi connectivity index (χ0) is 20.9. The Morgan fingerprint density at radius 3 is 2.21 bits per heavy atom. The summed E-state index contributed by atoms with van der Waals surface area (Å²) in [5, 5.41) is 0. The molecule has 156 valence electrons. The first-order chi connectivity index (χ1) is 13.8. The van der Waals surface area contributed by atoms with Gasteiger partial charge in [-0.2, -0.15) is 0 Å². The first-order valence-electron chi connectivity index (χ1n) is 10.8. The highest BCUT2D eigenvalue weighted by molar-refractivity contribution is 6.03. The zero-order valence-corrected chi connectivity index (χ0v) is 17.9. The van der Waals surface area contributed by atoms with Crippen LogP contribution in [0, 0.1) is 5.92 Å². The fraction of sp³-hybridized carbons (Fsp3) is 0.609. The van der Waals surface area contributed by atoms with Gasteiger partial charge in [-0.25, -0.2) is 0 Å². The number of carbonyl (C=O) groups is 3. The van der Waals surface area contributed by atoms with Crippen LogP contribution in [0.1, 0.15) is 62.4 Å². The lowest BCUT2D eigenvalue weighted by molar-refractivity contribution is -0.158. The van der Waals surface area contributed by atoms with Gasteiger partial charge in [0.25, 0.3) is 5.91 Å². The summed E-state index contributed by atoms with van der Waals surface area (Å²) in [6.45, 7) is 10.2. The highest BCUT2D eigenvalue weighted by Gasteiger charge is 2.62. The van der Waals surface area contributed by atoms with E-state index >= 15 is 0 Å². The van der Waals surface area contributed by atoms with E-state index in [1.165, 1.54) is 0 Å². The van der Waals surface area contributed by atoms with Gasteiger partial charge in [0.1, 0.15) is 0 Å². The highest BCUT2D eigenvalue weighted by atomic mass is 16.2. The van der Waals surface area contributed by atoms with Gasteiger partial charge >= 0.3 is 0 Å². The molecule has 0 radical (unpaired) electrons. The molecular weight excluding hydrogens is 366 g/mol. The molecule has 1 unspecified atom stereocenters. The molecule has 1 aromatic rings. The molecular formula is C23H31N3O3. The van der Waals surface area contributed by atoms with Crippen molar-refractivity contribution in [3.8, 4) is 0 Å². The molecule has 4 rings (SSSR count). The highest BCUT2D eigenvalue weighted by Crippen LogP contribution is 2.48. The van der Waals surface area contributed by atoms with Gasteiger partial charge in [-0.3, -0.25) is 14.4 Å². The van der Waals surface area contributed by atoms with Crippen LogP contribution in [0.25, 0.3) is 0 Å². The van der Waals surface area contributed by atoms with Crippen LogP contribution >= 0.6 is 0 Å². The summed E-state index contributed by atoms with van der Waals surface area (Å²) >= 11 is 0. The topological polar surface area (TPSA) is 60.9 Å². The molecule has 0 saturated carbocycles. The summed E-state index contributed by atoms with van der Waals surface area (Å²) in [6, 6.07) is 7.48. The van der Waals surface area contributed by atoms with Crippen molar-refractivity contribution in [1.82, 2.24) is 14.7 Å². The fourth-order valence-electron chi connectivity index (χ4n) is 5.41. The number of nitrogens with zero attached hydrogens (tertiary/aromatic N) is 3. The Hall–Kier alpha value is -2.37. The van der Waals surface area contributed by atoms with Crippen LogP contribution < -0.4 is 0 Å². The van der Waals surface area contributed by atoms with Crippen molar-refractivity contribution >= 4 is 17.7 Å². The molecule has 3 aliphatic heterocycles. The molecule has 6 heteroatoms. The summed E-state index contributed by atoms with van der Waals surface area (Å²) < 4.78 is 0. The van der Waals surface area contributed by atoms with E-state index in [4.69, 9.17) is 0 Å². The van der Waals surface area contributed by atoms with Gasteiger partial charge in [0.05, 0.1) is 11.5 Å². The number of hydrogen-bond donors (Lipinski definition) is 0. The van der Waals surface area contributed by atoms with Crippen molar-refractivity contribution in [2.24, 2.45) is 5.92 Å². The van der Waals surface area contributed by atoms with Crippen LogP contribution in [0.5, 0.6) is 0 Å². The summed E-state index contributed by atoms with van der Waals surface area (Å²) in [7, 11) is 0. The van der Waals surface area contributed by atoms with Gasteiger partial charge in [0.2, 0.25) is 11.8 Å². The lowest BCUT2D eigenvalue weighted by Gasteiger charge is -2.62. The van der Waals surface area contributed by atoms with Gasteiger partial charge < -0.3 is 14.7 Å². The van der Waals surface area contributed by atoms with Crippen molar-refractivity contribution in [3.63, 3.8) is 0 Å². The molecule has 0 bridgehead atoms. The minimum atomic E-state index is -0.663. The second-order valence-corrected chi connectivity index (χ2v) is 9.27. The summed E-state index contributed by atoms with van der Waals surface area (Å²) in [6.07, 6.45) is 2.05. The number of amides is 3. The number of fused-ring (bicyclic) bond motifs is 1. The molecule has 0 N–H and O–H groups in total. The van der Waals surface area contributed by atoms with E-state index in [2.05, 4.69) is 0 Å². The summed E-state index contributed by atoms with van der Waals surface area (Å²) in [4.78, 5) is 45.5. The van der Waals surface area contributed by atoms with E-state index in [1.807, 2.05) is 66.7 Å². The molecule has 0 aliphatic carbocycles. The third-order valence-corrected chi connectivity index (χ3v) is 6.65. The minimum absolute atomic E-state index is 0.0299. The number of carbonyl (C=O) groups excluding carboxylic acids is 3.